The van der Waals surface area contributed by atoms with Crippen LogP contribution in [0.1, 0.15) is 26.2 Å². The van der Waals surface area contributed by atoms with Crippen LogP contribution in [-0.4, -0.2) is 35.9 Å². The number of Topliss-reactive ketones (excluding diaryl/α,β-unsaturated/α-hetero) is 1. The number of carbonyl (C=O) groups is 3. The van der Waals surface area contributed by atoms with Crippen molar-refractivity contribution in [1.82, 2.24) is 10.4 Å². The number of hydrazine groups is 1. The second-order valence-electron chi connectivity index (χ2n) is 3.30. The van der Waals surface area contributed by atoms with Gasteiger partial charge in [-0.25, -0.2) is 15.2 Å². The second kappa shape index (κ2) is 5.33. The predicted octanol–water partition coefficient (Wildman–Crippen LogP) is 0.229. The molecular formula is C9H14N2O4. The van der Waals surface area contributed by atoms with Gasteiger partial charge in [-0.2, -0.15) is 0 Å². The Hall–Kier alpha value is -1.59. The Morgan fingerprint density at radius 1 is 1.53 bits per heavy atom. The highest BCUT2D eigenvalue weighted by Gasteiger charge is 2.28. The summed E-state index contributed by atoms with van der Waals surface area (Å²) in [5.41, 5.74) is 2.22. The van der Waals surface area contributed by atoms with Gasteiger partial charge in [0.2, 0.25) is 5.91 Å². The van der Waals surface area contributed by atoms with E-state index in [2.05, 4.69) is 5.43 Å². The van der Waals surface area contributed by atoms with E-state index in [1.54, 1.807) is 0 Å². The van der Waals surface area contributed by atoms with Crippen LogP contribution in [0.3, 0.4) is 0 Å². The molecule has 0 spiro atoms. The summed E-state index contributed by atoms with van der Waals surface area (Å²) in [4.78, 5) is 33.0. The molecule has 0 radical (unpaired) electrons. The van der Waals surface area contributed by atoms with E-state index in [9.17, 15) is 14.4 Å². The molecule has 6 nitrogen and oxygen atoms in total. The minimum atomic E-state index is -0.688. The predicted molar refractivity (Wildman–Crippen MR) is 50.7 cm³/mol. The first-order valence-electron chi connectivity index (χ1n) is 4.89. The van der Waals surface area contributed by atoms with Crippen LogP contribution in [-0.2, 0) is 14.3 Å². The Kier molecular flexibility index (Phi) is 4.08. The summed E-state index contributed by atoms with van der Waals surface area (Å²) in [6, 6.07) is 0. The van der Waals surface area contributed by atoms with Crippen LogP contribution in [0.15, 0.2) is 0 Å². The van der Waals surface area contributed by atoms with Gasteiger partial charge in [0, 0.05) is 0 Å². The molecular weight excluding hydrogens is 200 g/mol. The molecule has 0 bridgehead atoms. The number of hydrogen-bond donors (Lipinski definition) is 1. The van der Waals surface area contributed by atoms with Crippen molar-refractivity contribution < 1.29 is 19.1 Å². The van der Waals surface area contributed by atoms with Crippen molar-refractivity contribution in [3.63, 3.8) is 0 Å². The number of hydrogen-bond acceptors (Lipinski definition) is 4. The normalized spacial score (nSPS) is 15.7. The summed E-state index contributed by atoms with van der Waals surface area (Å²) in [6.45, 7) is 2.23. The molecule has 84 valence electrons. The molecule has 0 aliphatic carbocycles. The van der Waals surface area contributed by atoms with E-state index in [-0.39, 0.29) is 18.7 Å². The van der Waals surface area contributed by atoms with Crippen molar-refractivity contribution in [2.24, 2.45) is 0 Å². The van der Waals surface area contributed by atoms with Crippen LogP contribution >= 0.6 is 0 Å². The lowest BCUT2D eigenvalue weighted by Crippen LogP contribution is -2.43. The largest absolute Gasteiger partial charge is 0.448 e. The molecule has 1 fully saturated rings. The zero-order valence-electron chi connectivity index (χ0n) is 8.62. The maximum atomic E-state index is 11.1. The van der Waals surface area contributed by atoms with Crippen molar-refractivity contribution in [2.45, 2.75) is 26.2 Å². The van der Waals surface area contributed by atoms with E-state index in [0.29, 0.717) is 6.61 Å². The summed E-state index contributed by atoms with van der Waals surface area (Å²) in [5, 5.41) is 0.983. The van der Waals surface area contributed by atoms with Gasteiger partial charge in [0.05, 0.1) is 13.0 Å². The molecule has 0 saturated carbocycles. The lowest BCUT2D eigenvalue weighted by Gasteiger charge is -2.15. The van der Waals surface area contributed by atoms with E-state index in [1.807, 2.05) is 6.92 Å². The van der Waals surface area contributed by atoms with Crippen LogP contribution in [0.2, 0.25) is 0 Å². The minimum absolute atomic E-state index is 0.0677. The molecule has 1 rings (SSSR count). The van der Waals surface area contributed by atoms with Crippen LogP contribution < -0.4 is 5.43 Å². The van der Waals surface area contributed by atoms with Crippen molar-refractivity contribution in [1.29, 1.82) is 0 Å². The summed E-state index contributed by atoms with van der Waals surface area (Å²) >= 11 is 0. The highest BCUT2D eigenvalue weighted by atomic mass is 16.6. The third kappa shape index (κ3) is 3.57. The molecule has 0 unspecified atom stereocenters. The van der Waals surface area contributed by atoms with Gasteiger partial charge in [0.25, 0.3) is 0 Å². The van der Waals surface area contributed by atoms with Crippen LogP contribution in [0.5, 0.6) is 0 Å². The average molecular weight is 214 g/mol. The average Bonchev–Trinajstić information content (AvgIpc) is 2.45. The number of carbonyl (C=O) groups excluding carboxylic acids is 3. The first-order valence-corrected chi connectivity index (χ1v) is 4.89. The number of nitrogens with one attached hydrogen (secondary N) is 1. The number of amides is 2. The first-order chi connectivity index (χ1) is 7.13. The number of unbranched alkanes of at least 4 members (excludes halogenated alkanes) is 1. The Morgan fingerprint density at radius 2 is 2.27 bits per heavy atom. The highest BCUT2D eigenvalue weighted by Crippen LogP contribution is 2.03. The summed E-state index contributed by atoms with van der Waals surface area (Å²) in [6.07, 6.45) is 0.871. The highest BCUT2D eigenvalue weighted by molar-refractivity contribution is 6.05. The van der Waals surface area contributed by atoms with Crippen LogP contribution in [0.4, 0.5) is 4.79 Å². The van der Waals surface area contributed by atoms with Crippen molar-refractivity contribution >= 4 is 17.8 Å². The van der Waals surface area contributed by atoms with Gasteiger partial charge >= 0.3 is 6.09 Å². The zero-order valence-corrected chi connectivity index (χ0v) is 8.62. The molecule has 0 aromatic carbocycles. The summed E-state index contributed by atoms with van der Waals surface area (Å²) < 4.78 is 4.77. The first kappa shape index (κ1) is 11.5. The Bertz CT molecular complexity index is 277. The van der Waals surface area contributed by atoms with E-state index in [1.165, 1.54) is 0 Å². The van der Waals surface area contributed by atoms with E-state index >= 15 is 0 Å². The minimum Gasteiger partial charge on any atom is -0.448 e. The standard InChI is InChI=1S/C9H14N2O4/c1-2-3-4-15-9(14)10-11-6-7(12)5-8(11)13/h2-6H2,1H3,(H,10,14). The van der Waals surface area contributed by atoms with Gasteiger partial charge in [-0.05, 0) is 6.42 Å². The van der Waals surface area contributed by atoms with Crippen molar-refractivity contribution in [3.8, 4) is 0 Å². The monoisotopic (exact) mass is 214 g/mol. The van der Waals surface area contributed by atoms with Gasteiger partial charge in [-0.3, -0.25) is 9.59 Å². The molecule has 1 N–H and O–H groups in total. The second-order valence-corrected chi connectivity index (χ2v) is 3.30. The smallest absolute Gasteiger partial charge is 0.426 e. The Morgan fingerprint density at radius 3 is 2.80 bits per heavy atom. The molecule has 1 heterocycles. The molecule has 6 heteroatoms. The lowest BCUT2D eigenvalue weighted by molar-refractivity contribution is -0.130. The van der Waals surface area contributed by atoms with E-state index < -0.39 is 12.0 Å². The molecule has 1 saturated heterocycles. The lowest BCUT2D eigenvalue weighted by atomic mass is 10.3. The van der Waals surface area contributed by atoms with Gasteiger partial charge in [0.15, 0.2) is 5.78 Å². The van der Waals surface area contributed by atoms with Gasteiger partial charge in [-0.1, -0.05) is 13.3 Å². The van der Waals surface area contributed by atoms with Crippen LogP contribution in [0.25, 0.3) is 0 Å². The van der Waals surface area contributed by atoms with Gasteiger partial charge in [-0.15, -0.1) is 0 Å². The molecule has 1 aliphatic rings. The number of nitrogens with zero attached hydrogens (tertiary/aromatic N) is 1. The third-order valence-corrected chi connectivity index (χ3v) is 1.94. The maximum absolute atomic E-state index is 11.1. The number of rotatable bonds is 4. The molecule has 2 amide bonds. The SMILES string of the molecule is CCCCOC(=O)NN1CC(=O)CC1=O. The number of ether oxygens (including phenoxy) is 1. The molecule has 0 aromatic rings. The van der Waals surface area contributed by atoms with Crippen molar-refractivity contribution in [3.05, 3.63) is 0 Å². The fourth-order valence-electron chi connectivity index (χ4n) is 1.14. The molecule has 15 heavy (non-hydrogen) atoms. The van der Waals surface area contributed by atoms with Crippen molar-refractivity contribution in [2.75, 3.05) is 13.2 Å². The molecule has 0 aromatic heterocycles. The quantitative estimate of drug-likeness (QED) is 0.537. The molecule has 1 aliphatic heterocycles. The Balaban J connectivity index is 2.26. The van der Waals surface area contributed by atoms with Gasteiger partial charge < -0.3 is 4.74 Å². The van der Waals surface area contributed by atoms with E-state index in [0.717, 1.165) is 17.9 Å². The fraction of sp³-hybridized carbons (Fsp3) is 0.667. The van der Waals surface area contributed by atoms with E-state index in [4.69, 9.17) is 4.74 Å². The topological polar surface area (TPSA) is 75.7 Å². The van der Waals surface area contributed by atoms with Gasteiger partial charge in [0.1, 0.15) is 6.54 Å². The summed E-state index contributed by atoms with van der Waals surface area (Å²) in [5.74, 6) is -0.596. The maximum Gasteiger partial charge on any atom is 0.426 e. The molecule has 0 atom stereocenters. The third-order valence-electron chi connectivity index (χ3n) is 1.94. The van der Waals surface area contributed by atoms with Crippen LogP contribution in [0, 0.1) is 0 Å². The zero-order chi connectivity index (χ0) is 11.3. The number of ketones is 1. The Labute approximate surface area is 87.5 Å². The summed E-state index contributed by atoms with van der Waals surface area (Å²) in [7, 11) is 0. The fourth-order valence-corrected chi connectivity index (χ4v) is 1.14.